The second-order valence-electron chi connectivity index (χ2n) is 8.75. The van der Waals surface area contributed by atoms with Crippen LogP contribution < -0.4 is 0 Å². The lowest BCUT2D eigenvalue weighted by molar-refractivity contribution is 0.0106. The van der Waals surface area contributed by atoms with Crippen LogP contribution in [-0.2, 0) is 0 Å². The van der Waals surface area contributed by atoms with E-state index in [2.05, 4.69) is 40.7 Å². The average molecular weight is 272 g/mol. The third-order valence-electron chi connectivity index (χ3n) is 6.81. The highest BCUT2D eigenvalue weighted by atomic mass is 14.5. The van der Waals surface area contributed by atoms with Crippen molar-refractivity contribution in [3.05, 3.63) is 22.8 Å². The molecule has 0 aromatic heterocycles. The fourth-order valence-electron chi connectivity index (χ4n) is 5.63. The summed E-state index contributed by atoms with van der Waals surface area (Å²) in [4.78, 5) is 0. The van der Waals surface area contributed by atoms with Gasteiger partial charge in [-0.15, -0.1) is 0 Å². The first-order valence-electron chi connectivity index (χ1n) is 8.75. The first-order valence-corrected chi connectivity index (χ1v) is 8.75. The third kappa shape index (κ3) is 2.11. The van der Waals surface area contributed by atoms with Crippen LogP contribution in [0.4, 0.5) is 0 Å². The van der Waals surface area contributed by atoms with Crippen LogP contribution in [0.3, 0.4) is 0 Å². The summed E-state index contributed by atoms with van der Waals surface area (Å²) in [5, 5.41) is 0. The molecule has 112 valence electrons. The second kappa shape index (κ2) is 4.75. The van der Waals surface area contributed by atoms with Gasteiger partial charge in [0.25, 0.3) is 0 Å². The van der Waals surface area contributed by atoms with Gasteiger partial charge >= 0.3 is 0 Å². The topological polar surface area (TPSA) is 0 Å². The summed E-state index contributed by atoms with van der Waals surface area (Å²) in [5.41, 5.74) is 6.43. The van der Waals surface area contributed by atoms with E-state index in [-0.39, 0.29) is 0 Å². The predicted octanol–water partition coefficient (Wildman–Crippen LogP) is 6.29. The zero-order chi connectivity index (χ0) is 14.5. The molecular formula is C20H32. The van der Waals surface area contributed by atoms with Crippen molar-refractivity contribution in [2.45, 2.75) is 79.6 Å². The van der Waals surface area contributed by atoms with Gasteiger partial charge in [-0.3, -0.25) is 0 Å². The molecule has 0 aromatic rings. The van der Waals surface area contributed by atoms with Gasteiger partial charge in [0.15, 0.2) is 0 Å². The van der Waals surface area contributed by atoms with Gasteiger partial charge in [0.1, 0.15) is 0 Å². The molecule has 0 heteroatoms. The van der Waals surface area contributed by atoms with E-state index in [1.807, 2.05) is 11.1 Å². The molecule has 0 spiro atoms. The van der Waals surface area contributed by atoms with Crippen LogP contribution in [0.2, 0.25) is 0 Å². The average Bonchev–Trinajstić information content (AvgIpc) is 2.37. The molecule has 1 fully saturated rings. The summed E-state index contributed by atoms with van der Waals surface area (Å²) in [6, 6.07) is 0. The summed E-state index contributed by atoms with van der Waals surface area (Å²) in [7, 11) is 0. The summed E-state index contributed by atoms with van der Waals surface area (Å²) < 4.78 is 0. The Balaban J connectivity index is 1.93. The van der Waals surface area contributed by atoms with Crippen molar-refractivity contribution in [2.24, 2.45) is 22.7 Å². The van der Waals surface area contributed by atoms with Crippen molar-refractivity contribution < 1.29 is 0 Å². The van der Waals surface area contributed by atoms with E-state index in [9.17, 15) is 0 Å². The van der Waals surface area contributed by atoms with E-state index in [0.717, 1.165) is 11.8 Å². The van der Waals surface area contributed by atoms with E-state index < -0.39 is 0 Å². The maximum atomic E-state index is 2.60. The van der Waals surface area contributed by atoms with Gasteiger partial charge < -0.3 is 0 Å². The Labute approximate surface area is 125 Å². The fourth-order valence-corrected chi connectivity index (χ4v) is 5.63. The Morgan fingerprint density at radius 3 is 2.60 bits per heavy atom. The molecule has 0 aromatic carbocycles. The van der Waals surface area contributed by atoms with Gasteiger partial charge in [-0.2, -0.15) is 0 Å². The van der Waals surface area contributed by atoms with Crippen molar-refractivity contribution in [3.8, 4) is 0 Å². The molecule has 20 heavy (non-hydrogen) atoms. The van der Waals surface area contributed by atoms with Crippen LogP contribution in [0, 0.1) is 22.7 Å². The highest BCUT2D eigenvalue weighted by Crippen LogP contribution is 2.61. The van der Waals surface area contributed by atoms with Gasteiger partial charge in [-0.25, -0.2) is 0 Å². The molecule has 3 aliphatic carbocycles. The van der Waals surface area contributed by atoms with Crippen LogP contribution in [0.15, 0.2) is 22.8 Å². The van der Waals surface area contributed by atoms with Crippen molar-refractivity contribution in [1.82, 2.24) is 0 Å². The maximum absolute atomic E-state index is 2.60. The predicted molar refractivity (Wildman–Crippen MR) is 87.6 cm³/mol. The van der Waals surface area contributed by atoms with Gasteiger partial charge in [0.2, 0.25) is 0 Å². The zero-order valence-corrected chi connectivity index (χ0v) is 14.2. The molecule has 0 aliphatic heterocycles. The smallest absolute Gasteiger partial charge is 0.00770 e. The summed E-state index contributed by atoms with van der Waals surface area (Å²) in [5.74, 6) is 1.65. The molecule has 1 saturated carbocycles. The van der Waals surface area contributed by atoms with Gasteiger partial charge in [0.05, 0.1) is 0 Å². The first kappa shape index (κ1) is 14.4. The Morgan fingerprint density at radius 2 is 1.90 bits per heavy atom. The summed E-state index contributed by atoms with van der Waals surface area (Å²) in [6.45, 7) is 12.4. The molecular weight excluding hydrogens is 240 g/mol. The Kier molecular flexibility index (Phi) is 3.42. The summed E-state index contributed by atoms with van der Waals surface area (Å²) in [6.07, 6.45) is 12.2. The normalized spacial score (nSPS) is 36.5. The molecule has 2 unspecified atom stereocenters. The minimum Gasteiger partial charge on any atom is -0.0807 e. The molecule has 3 rings (SSSR count). The van der Waals surface area contributed by atoms with E-state index in [0.29, 0.717) is 10.8 Å². The van der Waals surface area contributed by atoms with Gasteiger partial charge in [0, 0.05) is 0 Å². The number of allylic oxidation sites excluding steroid dienone is 4. The molecule has 0 saturated heterocycles. The van der Waals surface area contributed by atoms with E-state index in [1.54, 1.807) is 5.57 Å². The highest BCUT2D eigenvalue weighted by Gasteiger charge is 2.50. The van der Waals surface area contributed by atoms with Crippen molar-refractivity contribution >= 4 is 0 Å². The van der Waals surface area contributed by atoms with Crippen molar-refractivity contribution in [2.75, 3.05) is 0 Å². The molecule has 2 atom stereocenters. The maximum Gasteiger partial charge on any atom is -0.00770 e. The SMILES string of the molecule is CC(C)C1=CCC2=C(CCC3C(C)(C)CCCC23C)C1. The van der Waals surface area contributed by atoms with Crippen LogP contribution in [-0.4, -0.2) is 0 Å². The van der Waals surface area contributed by atoms with Crippen LogP contribution in [0.1, 0.15) is 79.6 Å². The van der Waals surface area contributed by atoms with Crippen LogP contribution >= 0.6 is 0 Å². The monoisotopic (exact) mass is 272 g/mol. The van der Waals surface area contributed by atoms with E-state index >= 15 is 0 Å². The third-order valence-corrected chi connectivity index (χ3v) is 6.81. The minimum atomic E-state index is 0.508. The summed E-state index contributed by atoms with van der Waals surface area (Å²) >= 11 is 0. The quantitative estimate of drug-likeness (QED) is 0.492. The standard InChI is InChI=1S/C20H32/c1-14(2)15-7-9-17-16(13-15)8-10-18-19(3,4)11-6-12-20(17,18)5/h7,14,18H,6,8-13H2,1-5H3. The Hall–Kier alpha value is -0.520. The van der Waals surface area contributed by atoms with Crippen molar-refractivity contribution in [3.63, 3.8) is 0 Å². The lowest BCUT2D eigenvalue weighted by atomic mass is 9.49. The zero-order valence-electron chi connectivity index (χ0n) is 14.2. The molecule has 0 radical (unpaired) electrons. The van der Waals surface area contributed by atoms with Crippen LogP contribution in [0.5, 0.6) is 0 Å². The Bertz CT molecular complexity index is 460. The molecule has 0 N–H and O–H groups in total. The van der Waals surface area contributed by atoms with Gasteiger partial charge in [-0.1, -0.05) is 63.8 Å². The minimum absolute atomic E-state index is 0.508. The number of hydrogen-bond acceptors (Lipinski definition) is 0. The first-order chi connectivity index (χ1) is 9.34. The molecule has 0 amide bonds. The number of fused-ring (bicyclic) bond motifs is 2. The van der Waals surface area contributed by atoms with Gasteiger partial charge in [-0.05, 0) is 61.2 Å². The van der Waals surface area contributed by atoms with Crippen LogP contribution in [0.25, 0.3) is 0 Å². The number of rotatable bonds is 1. The number of hydrogen-bond donors (Lipinski definition) is 0. The molecule has 3 aliphatic rings. The fraction of sp³-hybridized carbons (Fsp3) is 0.800. The van der Waals surface area contributed by atoms with Crippen molar-refractivity contribution in [1.29, 1.82) is 0 Å². The molecule has 0 bridgehead atoms. The molecule has 0 nitrogen and oxygen atoms in total. The Morgan fingerprint density at radius 1 is 1.15 bits per heavy atom. The molecule has 0 heterocycles. The van der Waals surface area contributed by atoms with E-state index in [1.165, 1.54) is 44.9 Å². The largest absolute Gasteiger partial charge is 0.0807 e. The second-order valence-corrected chi connectivity index (χ2v) is 8.75. The lowest BCUT2D eigenvalue weighted by Crippen LogP contribution is -2.46. The van der Waals surface area contributed by atoms with E-state index in [4.69, 9.17) is 0 Å². The highest BCUT2D eigenvalue weighted by molar-refractivity contribution is 5.37. The lowest BCUT2D eigenvalue weighted by Gasteiger charge is -2.56.